The smallest absolute Gasteiger partial charge is 0.205 e. The SMILES string of the molecule is FC1=C=C(F)[C+](C(F)(F)F)C(F)=[C-]1. The molecular formula is C7F6. The average molecular weight is 198 g/mol. The molecule has 1 aliphatic rings. The number of hydrogen-bond acceptors (Lipinski definition) is 0. The first-order valence-corrected chi connectivity index (χ1v) is 2.88. The second-order valence-electron chi connectivity index (χ2n) is 2.06. The van der Waals surface area contributed by atoms with E-state index in [4.69, 9.17) is 0 Å². The van der Waals surface area contributed by atoms with E-state index in [1.54, 1.807) is 0 Å². The van der Waals surface area contributed by atoms with Crippen molar-refractivity contribution in [2.45, 2.75) is 6.18 Å². The lowest BCUT2D eigenvalue weighted by molar-refractivity contribution is -0.110. The summed E-state index contributed by atoms with van der Waals surface area (Å²) in [6.07, 6.45) is -4.18. The highest BCUT2D eigenvalue weighted by Gasteiger charge is 2.47. The lowest BCUT2D eigenvalue weighted by Crippen LogP contribution is -2.23. The Morgan fingerprint density at radius 3 is 2.08 bits per heavy atom. The van der Waals surface area contributed by atoms with Crippen LogP contribution in [0, 0.1) is 12.0 Å². The van der Waals surface area contributed by atoms with Crippen molar-refractivity contribution in [3.8, 4) is 0 Å². The summed E-state index contributed by atoms with van der Waals surface area (Å²) < 4.78 is 72.1. The third kappa shape index (κ3) is 1.89. The van der Waals surface area contributed by atoms with Crippen molar-refractivity contribution in [3.05, 3.63) is 35.2 Å². The maximum absolute atomic E-state index is 12.3. The summed E-state index contributed by atoms with van der Waals surface area (Å²) in [6, 6.07) is 0. The fraction of sp³-hybridized carbons (Fsp3) is 0.143. The molecule has 0 bridgehead atoms. The molecule has 0 atom stereocenters. The van der Waals surface area contributed by atoms with Crippen molar-refractivity contribution >= 4 is 0 Å². The summed E-state index contributed by atoms with van der Waals surface area (Å²) in [5.74, 6) is -8.04. The lowest BCUT2D eigenvalue weighted by atomic mass is 10.0. The molecule has 0 fully saturated rings. The van der Waals surface area contributed by atoms with Gasteiger partial charge in [-0.1, -0.05) is 0 Å². The number of alkyl halides is 3. The highest BCUT2D eigenvalue weighted by molar-refractivity contribution is 5.40. The zero-order valence-electron chi connectivity index (χ0n) is 5.77. The normalized spacial score (nSPS) is 18.0. The fourth-order valence-corrected chi connectivity index (χ4v) is 0.694. The maximum atomic E-state index is 12.3. The molecule has 0 amide bonds. The van der Waals surface area contributed by atoms with Crippen molar-refractivity contribution in [2.24, 2.45) is 0 Å². The van der Waals surface area contributed by atoms with E-state index in [1.807, 2.05) is 0 Å². The second-order valence-corrected chi connectivity index (χ2v) is 2.06. The molecule has 13 heavy (non-hydrogen) atoms. The average Bonchev–Trinajstić information content (AvgIpc) is 1.78. The fourth-order valence-electron chi connectivity index (χ4n) is 0.694. The van der Waals surface area contributed by atoms with E-state index in [2.05, 4.69) is 0 Å². The van der Waals surface area contributed by atoms with Crippen LogP contribution in [-0.2, 0) is 0 Å². The minimum Gasteiger partial charge on any atom is -0.205 e. The number of allylic oxidation sites excluding steroid dienone is 3. The molecule has 0 aromatic rings. The first-order chi connectivity index (χ1) is 5.82. The lowest BCUT2D eigenvalue weighted by Gasteiger charge is -2.16. The van der Waals surface area contributed by atoms with Crippen molar-refractivity contribution in [1.29, 1.82) is 0 Å². The van der Waals surface area contributed by atoms with Crippen LogP contribution in [0.25, 0.3) is 0 Å². The van der Waals surface area contributed by atoms with E-state index in [1.165, 1.54) is 0 Å². The van der Waals surface area contributed by atoms with Gasteiger partial charge in [0.1, 0.15) is 5.92 Å². The summed E-state index contributed by atoms with van der Waals surface area (Å²) in [5.41, 5.74) is 1.04. The Labute approximate surface area is 68.8 Å². The van der Waals surface area contributed by atoms with E-state index in [-0.39, 0.29) is 0 Å². The number of halogens is 6. The van der Waals surface area contributed by atoms with Gasteiger partial charge in [-0.3, -0.25) is 0 Å². The minimum atomic E-state index is -5.21. The number of rotatable bonds is 0. The highest BCUT2D eigenvalue weighted by Crippen LogP contribution is 2.42. The van der Waals surface area contributed by atoms with Crippen LogP contribution in [0.5, 0.6) is 0 Å². The summed E-state index contributed by atoms with van der Waals surface area (Å²) in [7, 11) is 0. The van der Waals surface area contributed by atoms with Gasteiger partial charge in [-0.05, 0) is 5.73 Å². The van der Waals surface area contributed by atoms with Gasteiger partial charge in [0.25, 0.3) is 0 Å². The van der Waals surface area contributed by atoms with Gasteiger partial charge in [-0.25, -0.2) is 4.39 Å². The standard InChI is InChI=1S/C7F6/c8-3-1-4(9)6(5(10)2-3)7(11,12)13. The summed E-state index contributed by atoms with van der Waals surface area (Å²) in [4.78, 5) is 0. The zero-order chi connectivity index (χ0) is 10.2. The highest BCUT2D eigenvalue weighted by atomic mass is 19.4. The molecule has 1 aliphatic carbocycles. The molecule has 0 radical (unpaired) electrons. The molecule has 0 spiro atoms. The van der Waals surface area contributed by atoms with Crippen LogP contribution in [0.2, 0.25) is 0 Å². The molecule has 0 aromatic carbocycles. The van der Waals surface area contributed by atoms with Crippen LogP contribution < -0.4 is 0 Å². The maximum Gasteiger partial charge on any atom is 0.422 e. The molecule has 70 valence electrons. The molecule has 0 heterocycles. The minimum absolute atomic E-state index is 1.04. The zero-order valence-corrected chi connectivity index (χ0v) is 5.77. The predicted octanol–water partition coefficient (Wildman–Crippen LogP) is 3.10. The van der Waals surface area contributed by atoms with E-state index >= 15 is 0 Å². The summed E-state index contributed by atoms with van der Waals surface area (Å²) in [5, 5.41) is 0. The van der Waals surface area contributed by atoms with Crippen LogP contribution in [-0.4, -0.2) is 6.18 Å². The van der Waals surface area contributed by atoms with Gasteiger partial charge >= 0.3 is 6.18 Å². The Kier molecular flexibility index (Phi) is 2.17. The van der Waals surface area contributed by atoms with Crippen molar-refractivity contribution in [1.82, 2.24) is 0 Å². The van der Waals surface area contributed by atoms with Crippen LogP contribution >= 0.6 is 0 Å². The molecule has 0 N–H and O–H groups in total. The molecule has 0 aromatic heterocycles. The molecule has 0 aliphatic heterocycles. The molecule has 0 saturated heterocycles. The monoisotopic (exact) mass is 198 g/mol. The van der Waals surface area contributed by atoms with Crippen LogP contribution in [0.15, 0.2) is 23.2 Å². The first-order valence-electron chi connectivity index (χ1n) is 2.88. The van der Waals surface area contributed by atoms with E-state index < -0.39 is 29.6 Å². The van der Waals surface area contributed by atoms with Gasteiger partial charge < -0.3 is 0 Å². The topological polar surface area (TPSA) is 0 Å². The molecular weight excluding hydrogens is 198 g/mol. The first kappa shape index (κ1) is 9.80. The molecule has 1 rings (SSSR count). The Bertz CT molecular complexity index is 314. The van der Waals surface area contributed by atoms with Gasteiger partial charge in [-0.15, -0.1) is 0 Å². The van der Waals surface area contributed by atoms with Crippen LogP contribution in [0.3, 0.4) is 0 Å². The molecule has 6 heteroatoms. The van der Waals surface area contributed by atoms with Gasteiger partial charge in [-0.2, -0.15) is 22.0 Å². The van der Waals surface area contributed by atoms with Crippen LogP contribution in [0.1, 0.15) is 0 Å². The number of hydrogen-bond donors (Lipinski definition) is 0. The van der Waals surface area contributed by atoms with E-state index in [0.29, 0.717) is 0 Å². The van der Waals surface area contributed by atoms with Crippen molar-refractivity contribution < 1.29 is 26.3 Å². The molecule has 0 nitrogen and oxygen atoms in total. The van der Waals surface area contributed by atoms with Gasteiger partial charge in [0.2, 0.25) is 0 Å². The van der Waals surface area contributed by atoms with E-state index in [9.17, 15) is 26.3 Å². The van der Waals surface area contributed by atoms with Crippen molar-refractivity contribution in [2.75, 3.05) is 0 Å². The summed E-state index contributed by atoms with van der Waals surface area (Å²) >= 11 is 0. The Morgan fingerprint density at radius 2 is 1.69 bits per heavy atom. The quantitative estimate of drug-likeness (QED) is 0.318. The largest absolute Gasteiger partial charge is 0.422 e. The van der Waals surface area contributed by atoms with Gasteiger partial charge in [0, 0.05) is 0 Å². The van der Waals surface area contributed by atoms with E-state index in [0.717, 1.165) is 11.8 Å². The Balaban J connectivity index is 3.17. The Morgan fingerprint density at radius 1 is 1.15 bits per heavy atom. The third-order valence-corrected chi connectivity index (χ3v) is 1.16. The predicted molar refractivity (Wildman–Crippen MR) is 29.9 cm³/mol. The second kappa shape index (κ2) is 2.88. The van der Waals surface area contributed by atoms with Gasteiger partial charge in [0.05, 0.1) is 6.08 Å². The van der Waals surface area contributed by atoms with Crippen LogP contribution in [0.4, 0.5) is 26.3 Å². The molecule has 0 unspecified atom stereocenters. The molecule has 0 saturated carbocycles. The van der Waals surface area contributed by atoms with Gasteiger partial charge in [0.15, 0.2) is 17.5 Å². The summed E-state index contributed by atoms with van der Waals surface area (Å²) in [6.45, 7) is 0. The van der Waals surface area contributed by atoms with Crippen molar-refractivity contribution in [3.63, 3.8) is 0 Å². The Hall–Kier alpha value is -1.29. The third-order valence-electron chi connectivity index (χ3n) is 1.16.